The molecule has 0 radical (unpaired) electrons. The van der Waals surface area contributed by atoms with Gasteiger partial charge in [0.15, 0.2) is 17.5 Å². The van der Waals surface area contributed by atoms with Gasteiger partial charge in [0, 0.05) is 16.7 Å². The van der Waals surface area contributed by atoms with Crippen LogP contribution in [0.5, 0.6) is 0 Å². The number of aromatic nitrogens is 3. The van der Waals surface area contributed by atoms with Crippen LogP contribution < -0.4 is 0 Å². The Morgan fingerprint density at radius 3 is 0.938 bits per heavy atom. The molecule has 0 fully saturated rings. The van der Waals surface area contributed by atoms with Crippen LogP contribution >= 0.6 is 0 Å². The fourth-order valence-electron chi connectivity index (χ4n) is 6.69. The number of nitrogens with zero attached hydrogens (tertiary/aromatic N) is 3. The minimum absolute atomic E-state index is 0.654. The molecule has 48 heavy (non-hydrogen) atoms. The van der Waals surface area contributed by atoms with E-state index in [0.29, 0.717) is 17.5 Å². The van der Waals surface area contributed by atoms with Gasteiger partial charge in [0.2, 0.25) is 0 Å². The summed E-state index contributed by atoms with van der Waals surface area (Å²) in [6.07, 6.45) is 0. The largest absolute Gasteiger partial charge is 0.208 e. The van der Waals surface area contributed by atoms with Crippen LogP contribution in [0.4, 0.5) is 0 Å². The van der Waals surface area contributed by atoms with E-state index in [2.05, 4.69) is 115 Å². The van der Waals surface area contributed by atoms with Crippen molar-refractivity contribution in [3.8, 4) is 56.4 Å². The number of fused-ring (bicyclic) bond motifs is 6. The van der Waals surface area contributed by atoms with Crippen molar-refractivity contribution in [2.24, 2.45) is 0 Å². The standard InChI is InChI=1S/C45H29N3/c1-3-11-33(12-4-1)43-46-44(34-13-5-2-6-14-34)48-45(47-43)35-25-23-31(24-26-35)30-19-21-32(22-20-30)36-27-28-41-39-17-8-7-15-37(39)38-16-9-10-18-40(38)42(41)29-36/h1-29H. The summed E-state index contributed by atoms with van der Waals surface area (Å²) in [5, 5.41) is 7.74. The molecular formula is C45H29N3. The van der Waals surface area contributed by atoms with Crippen molar-refractivity contribution in [1.82, 2.24) is 15.0 Å². The topological polar surface area (TPSA) is 38.7 Å². The summed E-state index contributed by atoms with van der Waals surface area (Å²) >= 11 is 0. The van der Waals surface area contributed by atoms with Crippen LogP contribution in [0.25, 0.3) is 88.7 Å². The van der Waals surface area contributed by atoms with Crippen LogP contribution in [0.2, 0.25) is 0 Å². The van der Waals surface area contributed by atoms with Gasteiger partial charge in [-0.2, -0.15) is 0 Å². The number of rotatable bonds is 5. The molecule has 3 nitrogen and oxygen atoms in total. The van der Waals surface area contributed by atoms with Crippen molar-refractivity contribution in [2.45, 2.75) is 0 Å². The molecule has 1 aromatic heterocycles. The maximum absolute atomic E-state index is 4.88. The van der Waals surface area contributed by atoms with E-state index in [1.807, 2.05) is 60.7 Å². The van der Waals surface area contributed by atoms with Gasteiger partial charge in [0.1, 0.15) is 0 Å². The van der Waals surface area contributed by atoms with Gasteiger partial charge in [-0.1, -0.05) is 170 Å². The molecule has 0 spiro atoms. The van der Waals surface area contributed by atoms with Gasteiger partial charge >= 0.3 is 0 Å². The lowest BCUT2D eigenvalue weighted by molar-refractivity contribution is 1.07. The first-order valence-corrected chi connectivity index (χ1v) is 16.2. The Morgan fingerprint density at radius 1 is 0.208 bits per heavy atom. The van der Waals surface area contributed by atoms with E-state index in [9.17, 15) is 0 Å². The summed E-state index contributed by atoms with van der Waals surface area (Å²) in [6, 6.07) is 61.8. The molecule has 0 atom stereocenters. The smallest absolute Gasteiger partial charge is 0.164 e. The average Bonchev–Trinajstić information content (AvgIpc) is 3.18. The Bertz CT molecular complexity index is 2480. The van der Waals surface area contributed by atoms with Crippen molar-refractivity contribution in [3.05, 3.63) is 176 Å². The monoisotopic (exact) mass is 611 g/mol. The third-order valence-corrected chi connectivity index (χ3v) is 9.14. The molecule has 0 unspecified atom stereocenters. The van der Waals surface area contributed by atoms with Crippen LogP contribution in [0.3, 0.4) is 0 Å². The van der Waals surface area contributed by atoms with Crippen LogP contribution in [0, 0.1) is 0 Å². The first-order valence-electron chi connectivity index (χ1n) is 16.2. The Morgan fingerprint density at radius 2 is 0.500 bits per heavy atom. The summed E-state index contributed by atoms with van der Waals surface area (Å²) in [7, 11) is 0. The molecule has 0 aliphatic heterocycles. The lowest BCUT2D eigenvalue weighted by Gasteiger charge is -2.12. The highest BCUT2D eigenvalue weighted by molar-refractivity contribution is 6.25. The molecule has 0 aliphatic rings. The maximum Gasteiger partial charge on any atom is 0.164 e. The van der Waals surface area contributed by atoms with Crippen LogP contribution in [0.1, 0.15) is 0 Å². The molecule has 1 heterocycles. The highest BCUT2D eigenvalue weighted by Gasteiger charge is 2.13. The van der Waals surface area contributed by atoms with Gasteiger partial charge in [0.25, 0.3) is 0 Å². The van der Waals surface area contributed by atoms with Gasteiger partial charge in [-0.3, -0.25) is 0 Å². The summed E-state index contributed by atoms with van der Waals surface area (Å²) in [5.41, 5.74) is 7.58. The second-order valence-electron chi connectivity index (χ2n) is 12.0. The van der Waals surface area contributed by atoms with Gasteiger partial charge in [0.05, 0.1) is 0 Å². The van der Waals surface area contributed by atoms with Gasteiger partial charge in [-0.05, 0) is 60.6 Å². The predicted octanol–water partition coefficient (Wildman–Crippen LogP) is 11.7. The minimum atomic E-state index is 0.654. The summed E-state index contributed by atoms with van der Waals surface area (Å²) in [6.45, 7) is 0. The molecule has 8 aromatic carbocycles. The molecule has 3 heteroatoms. The third-order valence-electron chi connectivity index (χ3n) is 9.14. The van der Waals surface area contributed by atoms with Crippen molar-refractivity contribution >= 4 is 32.3 Å². The van der Waals surface area contributed by atoms with Crippen LogP contribution in [-0.4, -0.2) is 15.0 Å². The Labute approximate surface area is 278 Å². The van der Waals surface area contributed by atoms with E-state index >= 15 is 0 Å². The molecular weight excluding hydrogens is 583 g/mol. The van der Waals surface area contributed by atoms with E-state index in [1.165, 1.54) is 43.4 Å². The van der Waals surface area contributed by atoms with Crippen molar-refractivity contribution in [2.75, 3.05) is 0 Å². The lowest BCUT2D eigenvalue weighted by atomic mass is 9.92. The van der Waals surface area contributed by atoms with Crippen molar-refractivity contribution in [3.63, 3.8) is 0 Å². The molecule has 0 bridgehead atoms. The summed E-state index contributed by atoms with van der Waals surface area (Å²) < 4.78 is 0. The zero-order valence-electron chi connectivity index (χ0n) is 26.1. The summed E-state index contributed by atoms with van der Waals surface area (Å²) in [5.74, 6) is 1.98. The number of hydrogen-bond acceptors (Lipinski definition) is 3. The van der Waals surface area contributed by atoms with Crippen molar-refractivity contribution < 1.29 is 0 Å². The van der Waals surface area contributed by atoms with Crippen LogP contribution in [-0.2, 0) is 0 Å². The molecule has 9 aromatic rings. The molecule has 9 rings (SSSR count). The maximum atomic E-state index is 4.88. The van der Waals surface area contributed by atoms with Gasteiger partial charge < -0.3 is 0 Å². The van der Waals surface area contributed by atoms with E-state index in [0.717, 1.165) is 27.8 Å². The second-order valence-corrected chi connectivity index (χ2v) is 12.0. The zero-order chi connectivity index (χ0) is 31.9. The van der Waals surface area contributed by atoms with Gasteiger partial charge in [-0.25, -0.2) is 15.0 Å². The van der Waals surface area contributed by atoms with E-state index in [4.69, 9.17) is 15.0 Å². The Kier molecular flexibility index (Phi) is 6.80. The minimum Gasteiger partial charge on any atom is -0.208 e. The fourth-order valence-corrected chi connectivity index (χ4v) is 6.69. The molecule has 0 saturated carbocycles. The Balaban J connectivity index is 1.05. The average molecular weight is 612 g/mol. The fraction of sp³-hybridized carbons (Fsp3) is 0. The van der Waals surface area contributed by atoms with Crippen LogP contribution in [0.15, 0.2) is 176 Å². The second kappa shape index (κ2) is 11.7. The first-order chi connectivity index (χ1) is 23.8. The quantitative estimate of drug-likeness (QED) is 0.182. The molecule has 0 N–H and O–H groups in total. The predicted molar refractivity (Wildman–Crippen MR) is 200 cm³/mol. The number of hydrogen-bond donors (Lipinski definition) is 0. The first kappa shape index (κ1) is 27.8. The summed E-state index contributed by atoms with van der Waals surface area (Å²) in [4.78, 5) is 14.6. The third kappa shape index (κ3) is 4.99. The molecule has 0 saturated heterocycles. The molecule has 0 amide bonds. The highest BCUT2D eigenvalue weighted by atomic mass is 15.0. The van der Waals surface area contributed by atoms with Crippen molar-refractivity contribution in [1.29, 1.82) is 0 Å². The highest BCUT2D eigenvalue weighted by Crippen LogP contribution is 2.37. The van der Waals surface area contributed by atoms with E-state index in [-0.39, 0.29) is 0 Å². The molecule has 224 valence electrons. The SMILES string of the molecule is c1ccc(-c2nc(-c3ccccc3)nc(-c3ccc(-c4ccc(-c5ccc6c7ccccc7c7ccccc7c6c5)cc4)cc3)n2)cc1. The Hall–Kier alpha value is -6.45. The lowest BCUT2D eigenvalue weighted by Crippen LogP contribution is -2.00. The molecule has 0 aliphatic carbocycles. The number of benzene rings is 8. The normalized spacial score (nSPS) is 11.3. The van der Waals surface area contributed by atoms with E-state index in [1.54, 1.807) is 0 Å². The van der Waals surface area contributed by atoms with E-state index < -0.39 is 0 Å². The van der Waals surface area contributed by atoms with Gasteiger partial charge in [-0.15, -0.1) is 0 Å². The zero-order valence-corrected chi connectivity index (χ0v) is 26.1.